The number of aliphatic hydroxyl groups excluding tert-OH is 1. The Balaban J connectivity index is 2.90. The molecule has 0 fully saturated rings. The summed E-state index contributed by atoms with van der Waals surface area (Å²) in [5.74, 6) is -1.03. The number of methoxy groups -OCH3 is 1. The number of aliphatic hydroxyl groups is 1. The maximum Gasteiger partial charge on any atom is 0.414 e. The second-order valence-electron chi connectivity index (χ2n) is 3.19. The summed E-state index contributed by atoms with van der Waals surface area (Å²) in [6.07, 6.45) is -8.16. The summed E-state index contributed by atoms with van der Waals surface area (Å²) in [6, 6.07) is 3.83. The lowest BCUT2D eigenvalue weighted by atomic mass is 10.1. The summed E-state index contributed by atoms with van der Waals surface area (Å²) in [7, 11) is 1.21. The minimum atomic E-state index is -4.75. The van der Waals surface area contributed by atoms with Crippen LogP contribution in [0.1, 0.15) is 5.56 Å². The van der Waals surface area contributed by atoms with Crippen molar-refractivity contribution < 1.29 is 27.4 Å². The van der Waals surface area contributed by atoms with E-state index in [1.54, 1.807) is 0 Å². The Kier molecular flexibility index (Phi) is 3.74. The van der Waals surface area contributed by atoms with Crippen molar-refractivity contribution in [1.29, 1.82) is 0 Å². The van der Waals surface area contributed by atoms with E-state index in [1.165, 1.54) is 25.3 Å². The Morgan fingerprint density at radius 2 is 2.00 bits per heavy atom. The van der Waals surface area contributed by atoms with Gasteiger partial charge in [0.1, 0.15) is 0 Å². The Morgan fingerprint density at radius 3 is 2.50 bits per heavy atom. The largest absolute Gasteiger partial charge is 0.494 e. The van der Waals surface area contributed by atoms with Gasteiger partial charge in [-0.25, -0.2) is 4.39 Å². The molecule has 0 saturated carbocycles. The molecule has 90 valence electrons. The second kappa shape index (κ2) is 4.69. The van der Waals surface area contributed by atoms with Crippen molar-refractivity contribution in [2.45, 2.75) is 18.7 Å². The number of alkyl halides is 3. The van der Waals surface area contributed by atoms with E-state index in [1.807, 2.05) is 0 Å². The fraction of sp³-hybridized carbons (Fsp3) is 0.400. The van der Waals surface area contributed by atoms with Gasteiger partial charge in [-0.3, -0.25) is 0 Å². The topological polar surface area (TPSA) is 29.5 Å². The highest BCUT2D eigenvalue weighted by atomic mass is 19.4. The number of rotatable bonds is 3. The van der Waals surface area contributed by atoms with E-state index in [9.17, 15) is 17.6 Å². The molecule has 0 heterocycles. The molecule has 2 nitrogen and oxygen atoms in total. The molecule has 1 rings (SSSR count). The van der Waals surface area contributed by atoms with E-state index >= 15 is 0 Å². The molecule has 0 aromatic heterocycles. The molecule has 0 aliphatic rings. The Labute approximate surface area is 89.5 Å². The van der Waals surface area contributed by atoms with E-state index in [-0.39, 0.29) is 11.3 Å². The van der Waals surface area contributed by atoms with Crippen LogP contribution in [0, 0.1) is 5.82 Å². The normalized spacial score (nSPS) is 13.6. The van der Waals surface area contributed by atoms with Crippen molar-refractivity contribution in [3.8, 4) is 5.75 Å². The minimum absolute atomic E-state index is 0.146. The zero-order valence-electron chi connectivity index (χ0n) is 8.38. The summed E-state index contributed by atoms with van der Waals surface area (Å²) in [4.78, 5) is 0. The molecule has 1 aromatic rings. The molecule has 0 unspecified atom stereocenters. The number of hydrogen-bond acceptors (Lipinski definition) is 2. The lowest BCUT2D eigenvalue weighted by Gasteiger charge is -2.15. The van der Waals surface area contributed by atoms with Gasteiger partial charge in [0.15, 0.2) is 17.7 Å². The van der Waals surface area contributed by atoms with Crippen LogP contribution in [0.15, 0.2) is 18.2 Å². The summed E-state index contributed by atoms with van der Waals surface area (Å²) >= 11 is 0. The fourth-order valence-corrected chi connectivity index (χ4v) is 1.20. The van der Waals surface area contributed by atoms with E-state index < -0.39 is 24.5 Å². The summed E-state index contributed by atoms with van der Waals surface area (Å²) < 4.78 is 54.2. The average Bonchev–Trinajstić information content (AvgIpc) is 2.19. The van der Waals surface area contributed by atoms with Gasteiger partial charge in [-0.15, -0.1) is 0 Å². The van der Waals surface area contributed by atoms with Crippen molar-refractivity contribution in [2.75, 3.05) is 7.11 Å². The summed E-state index contributed by atoms with van der Waals surface area (Å²) in [5.41, 5.74) is -0.232. The predicted octanol–water partition coefficient (Wildman–Crippen LogP) is 2.30. The van der Waals surface area contributed by atoms with Crippen LogP contribution < -0.4 is 4.74 Å². The quantitative estimate of drug-likeness (QED) is 0.819. The highest BCUT2D eigenvalue weighted by Gasteiger charge is 2.38. The molecule has 16 heavy (non-hydrogen) atoms. The third-order valence-corrected chi connectivity index (χ3v) is 2.05. The molecule has 0 amide bonds. The van der Waals surface area contributed by atoms with Crippen LogP contribution in [0.25, 0.3) is 0 Å². The smallest absolute Gasteiger partial charge is 0.414 e. The minimum Gasteiger partial charge on any atom is -0.494 e. The zero-order chi connectivity index (χ0) is 12.3. The fourth-order valence-electron chi connectivity index (χ4n) is 1.20. The molecule has 0 aliphatic heterocycles. The predicted molar refractivity (Wildman–Crippen MR) is 48.7 cm³/mol. The summed E-state index contributed by atoms with van der Waals surface area (Å²) in [6.45, 7) is 0. The molecule has 6 heteroatoms. The first-order valence-corrected chi connectivity index (χ1v) is 4.42. The van der Waals surface area contributed by atoms with Gasteiger partial charge in [0.05, 0.1) is 7.11 Å². The van der Waals surface area contributed by atoms with Crippen LogP contribution in [0.4, 0.5) is 17.6 Å². The van der Waals surface area contributed by atoms with E-state index in [0.29, 0.717) is 0 Å². The third-order valence-electron chi connectivity index (χ3n) is 2.05. The number of hydrogen-bond donors (Lipinski definition) is 1. The van der Waals surface area contributed by atoms with Crippen LogP contribution in [-0.4, -0.2) is 24.5 Å². The van der Waals surface area contributed by atoms with Crippen molar-refractivity contribution >= 4 is 0 Å². The number of halogens is 4. The molecule has 0 aliphatic carbocycles. The Bertz CT molecular complexity index is 362. The van der Waals surface area contributed by atoms with Gasteiger partial charge in [-0.2, -0.15) is 13.2 Å². The van der Waals surface area contributed by atoms with Crippen LogP contribution in [0.5, 0.6) is 5.75 Å². The molecule has 1 aromatic carbocycles. The SMILES string of the molecule is COc1cccc(C[C@@H](O)C(F)(F)F)c1F. The Hall–Kier alpha value is -1.30. The maximum atomic E-state index is 13.4. The van der Waals surface area contributed by atoms with Crippen LogP contribution in [0.2, 0.25) is 0 Å². The van der Waals surface area contributed by atoms with Crippen LogP contribution in [0.3, 0.4) is 0 Å². The highest BCUT2D eigenvalue weighted by Crippen LogP contribution is 2.26. The first-order chi connectivity index (χ1) is 7.36. The van der Waals surface area contributed by atoms with Gasteiger partial charge in [0, 0.05) is 6.42 Å². The van der Waals surface area contributed by atoms with Crippen molar-refractivity contribution in [1.82, 2.24) is 0 Å². The first kappa shape index (κ1) is 12.8. The third kappa shape index (κ3) is 2.85. The van der Waals surface area contributed by atoms with Crippen molar-refractivity contribution in [2.24, 2.45) is 0 Å². The van der Waals surface area contributed by atoms with Gasteiger partial charge < -0.3 is 9.84 Å². The maximum absolute atomic E-state index is 13.4. The lowest BCUT2D eigenvalue weighted by Crippen LogP contribution is -2.30. The van der Waals surface area contributed by atoms with Crippen molar-refractivity contribution in [3.05, 3.63) is 29.6 Å². The molecule has 0 saturated heterocycles. The number of ether oxygens (including phenoxy) is 1. The molecule has 0 spiro atoms. The van der Waals surface area contributed by atoms with Gasteiger partial charge in [0.25, 0.3) is 0 Å². The van der Waals surface area contributed by atoms with Gasteiger partial charge in [-0.1, -0.05) is 12.1 Å². The highest BCUT2D eigenvalue weighted by molar-refractivity contribution is 5.31. The van der Waals surface area contributed by atoms with Gasteiger partial charge in [0.2, 0.25) is 0 Å². The number of benzene rings is 1. The van der Waals surface area contributed by atoms with Crippen LogP contribution in [-0.2, 0) is 6.42 Å². The lowest BCUT2D eigenvalue weighted by molar-refractivity contribution is -0.203. The standard InChI is InChI=1S/C10H10F4O2/c1-16-7-4-2-3-6(9(7)11)5-8(15)10(12,13)14/h2-4,8,15H,5H2,1H3/t8-/m1/s1. The monoisotopic (exact) mass is 238 g/mol. The van der Waals surface area contributed by atoms with E-state index in [2.05, 4.69) is 4.74 Å². The molecule has 1 atom stereocenters. The zero-order valence-corrected chi connectivity index (χ0v) is 8.38. The Morgan fingerprint density at radius 1 is 1.38 bits per heavy atom. The molecule has 1 N–H and O–H groups in total. The van der Waals surface area contributed by atoms with Gasteiger partial charge in [-0.05, 0) is 11.6 Å². The van der Waals surface area contributed by atoms with Crippen molar-refractivity contribution in [3.63, 3.8) is 0 Å². The molecule has 0 bridgehead atoms. The molecular weight excluding hydrogens is 228 g/mol. The molecule has 0 radical (unpaired) electrons. The molecular formula is C10H10F4O2. The first-order valence-electron chi connectivity index (χ1n) is 4.42. The average molecular weight is 238 g/mol. The van der Waals surface area contributed by atoms with E-state index in [4.69, 9.17) is 5.11 Å². The second-order valence-corrected chi connectivity index (χ2v) is 3.19. The van der Waals surface area contributed by atoms with Crippen LogP contribution >= 0.6 is 0 Å². The van der Waals surface area contributed by atoms with Gasteiger partial charge >= 0.3 is 6.18 Å². The summed E-state index contributed by atoms with van der Waals surface area (Å²) in [5, 5.41) is 8.79. The van der Waals surface area contributed by atoms with E-state index in [0.717, 1.165) is 0 Å².